The summed E-state index contributed by atoms with van der Waals surface area (Å²) in [4.78, 5) is 26.5. The van der Waals surface area contributed by atoms with Gasteiger partial charge in [0.15, 0.2) is 0 Å². The first-order chi connectivity index (χ1) is 7.95. The Morgan fingerprint density at radius 2 is 2.12 bits per heavy atom. The molecule has 1 aromatic heterocycles. The van der Waals surface area contributed by atoms with E-state index in [0.29, 0.717) is 5.69 Å². The number of hydrogen-bond donors (Lipinski definition) is 2. The number of carboxylic acids is 1. The Hall–Kier alpha value is -1.91. The van der Waals surface area contributed by atoms with Gasteiger partial charge in [-0.2, -0.15) is 0 Å². The van der Waals surface area contributed by atoms with Gasteiger partial charge in [-0.3, -0.25) is 4.79 Å². The quantitative estimate of drug-likeness (QED) is 0.832. The zero-order chi connectivity index (χ0) is 13.0. The average molecular weight is 236 g/mol. The van der Waals surface area contributed by atoms with Crippen molar-refractivity contribution in [1.29, 1.82) is 0 Å². The van der Waals surface area contributed by atoms with Crippen LogP contribution in [0.4, 0.5) is 0 Å². The summed E-state index contributed by atoms with van der Waals surface area (Å²) in [6, 6.07) is 2.90. The number of amides is 1. The van der Waals surface area contributed by atoms with E-state index in [1.807, 2.05) is 13.8 Å². The van der Waals surface area contributed by atoms with E-state index in [2.05, 4.69) is 10.3 Å². The highest BCUT2D eigenvalue weighted by atomic mass is 16.4. The van der Waals surface area contributed by atoms with E-state index in [9.17, 15) is 9.59 Å². The van der Waals surface area contributed by atoms with E-state index in [1.165, 1.54) is 12.1 Å². The van der Waals surface area contributed by atoms with Crippen molar-refractivity contribution in [2.45, 2.75) is 33.2 Å². The number of hydrogen-bond acceptors (Lipinski definition) is 3. The summed E-state index contributed by atoms with van der Waals surface area (Å²) in [6.07, 6.45) is 0.831. The second kappa shape index (κ2) is 5.43. The molecule has 0 spiro atoms. The van der Waals surface area contributed by atoms with Crippen LogP contribution >= 0.6 is 0 Å². The highest BCUT2D eigenvalue weighted by Crippen LogP contribution is 2.07. The molecule has 0 radical (unpaired) electrons. The fourth-order valence-electron chi connectivity index (χ4n) is 1.31. The lowest BCUT2D eigenvalue weighted by atomic mass is 10.1. The van der Waals surface area contributed by atoms with E-state index in [-0.39, 0.29) is 23.2 Å². The van der Waals surface area contributed by atoms with E-state index in [0.717, 1.165) is 6.42 Å². The fraction of sp³-hybridized carbons (Fsp3) is 0.417. The lowest BCUT2D eigenvalue weighted by Crippen LogP contribution is -2.32. The third-order valence-corrected chi connectivity index (χ3v) is 2.54. The molecule has 1 amide bonds. The molecule has 1 heterocycles. The van der Waals surface area contributed by atoms with Crippen molar-refractivity contribution in [2.75, 3.05) is 0 Å². The molecule has 0 saturated carbocycles. The predicted octanol–water partition coefficient (Wildman–Crippen LogP) is 1.62. The van der Waals surface area contributed by atoms with Crippen LogP contribution in [0, 0.1) is 6.92 Å². The van der Waals surface area contributed by atoms with Crippen LogP contribution in [0.25, 0.3) is 0 Å². The number of carbonyl (C=O) groups excluding carboxylic acids is 1. The molecule has 1 rings (SSSR count). The maximum absolute atomic E-state index is 11.7. The minimum absolute atomic E-state index is 0.0729. The van der Waals surface area contributed by atoms with E-state index in [1.54, 1.807) is 6.92 Å². The molecule has 1 atom stereocenters. The third kappa shape index (κ3) is 3.27. The Kier molecular flexibility index (Phi) is 4.20. The molecule has 0 aliphatic carbocycles. The van der Waals surface area contributed by atoms with Gasteiger partial charge in [0.1, 0.15) is 5.69 Å². The second-order valence-electron chi connectivity index (χ2n) is 3.92. The van der Waals surface area contributed by atoms with Crippen LogP contribution in [-0.4, -0.2) is 28.0 Å². The van der Waals surface area contributed by atoms with Gasteiger partial charge in [0.2, 0.25) is 0 Å². The molecule has 5 heteroatoms. The predicted molar refractivity (Wildman–Crippen MR) is 63.2 cm³/mol. The molecule has 0 bridgehead atoms. The number of carboxylic acid groups (broad SMARTS) is 1. The van der Waals surface area contributed by atoms with Crippen LogP contribution in [0.2, 0.25) is 0 Å². The Morgan fingerprint density at radius 3 is 2.59 bits per heavy atom. The van der Waals surface area contributed by atoms with Gasteiger partial charge in [0.05, 0.1) is 11.3 Å². The molecular weight excluding hydrogens is 220 g/mol. The summed E-state index contributed by atoms with van der Waals surface area (Å²) >= 11 is 0. The largest absolute Gasteiger partial charge is 0.478 e. The first kappa shape index (κ1) is 13.2. The van der Waals surface area contributed by atoms with Crippen LogP contribution in [0.3, 0.4) is 0 Å². The summed E-state index contributed by atoms with van der Waals surface area (Å²) in [5.74, 6) is -1.32. The van der Waals surface area contributed by atoms with Crippen molar-refractivity contribution in [1.82, 2.24) is 10.3 Å². The molecule has 5 nitrogen and oxygen atoms in total. The van der Waals surface area contributed by atoms with Gasteiger partial charge in [0.25, 0.3) is 5.91 Å². The maximum Gasteiger partial charge on any atom is 0.337 e. The molecule has 0 aliphatic rings. The average Bonchev–Trinajstić information content (AvgIpc) is 2.28. The van der Waals surface area contributed by atoms with E-state index >= 15 is 0 Å². The van der Waals surface area contributed by atoms with Crippen molar-refractivity contribution >= 4 is 11.9 Å². The lowest BCUT2D eigenvalue weighted by molar-refractivity contribution is 0.0694. The summed E-state index contributed by atoms with van der Waals surface area (Å²) < 4.78 is 0. The highest BCUT2D eigenvalue weighted by Gasteiger charge is 2.13. The molecule has 0 saturated heterocycles. The van der Waals surface area contributed by atoms with Crippen LogP contribution in [-0.2, 0) is 0 Å². The van der Waals surface area contributed by atoms with Crippen molar-refractivity contribution in [3.8, 4) is 0 Å². The van der Waals surface area contributed by atoms with Gasteiger partial charge in [-0.15, -0.1) is 0 Å². The Balaban J connectivity index is 2.90. The summed E-state index contributed by atoms with van der Waals surface area (Å²) in [5.41, 5.74) is 0.701. The molecule has 0 fully saturated rings. The fourth-order valence-corrected chi connectivity index (χ4v) is 1.31. The van der Waals surface area contributed by atoms with Crippen LogP contribution < -0.4 is 5.32 Å². The topological polar surface area (TPSA) is 79.3 Å². The number of aryl methyl sites for hydroxylation is 1. The van der Waals surface area contributed by atoms with Crippen molar-refractivity contribution in [3.63, 3.8) is 0 Å². The van der Waals surface area contributed by atoms with Crippen molar-refractivity contribution < 1.29 is 14.7 Å². The molecule has 1 aromatic rings. The molecule has 2 N–H and O–H groups in total. The second-order valence-corrected chi connectivity index (χ2v) is 3.92. The molecule has 0 aromatic carbocycles. The van der Waals surface area contributed by atoms with Crippen molar-refractivity contribution in [2.24, 2.45) is 0 Å². The summed E-state index contributed by atoms with van der Waals surface area (Å²) in [6.45, 7) is 5.44. The van der Waals surface area contributed by atoms with Crippen LogP contribution in [0.5, 0.6) is 0 Å². The van der Waals surface area contributed by atoms with Gasteiger partial charge in [-0.05, 0) is 32.4 Å². The number of rotatable bonds is 4. The Morgan fingerprint density at radius 1 is 1.47 bits per heavy atom. The SMILES string of the molecule is CCC(C)NC(=O)c1ccc(C(=O)O)c(C)n1. The zero-order valence-electron chi connectivity index (χ0n) is 10.2. The molecular formula is C12H16N2O3. The van der Waals surface area contributed by atoms with Crippen LogP contribution in [0.15, 0.2) is 12.1 Å². The maximum atomic E-state index is 11.7. The van der Waals surface area contributed by atoms with Crippen LogP contribution in [0.1, 0.15) is 46.8 Å². The van der Waals surface area contributed by atoms with E-state index in [4.69, 9.17) is 5.11 Å². The van der Waals surface area contributed by atoms with Gasteiger partial charge in [-0.1, -0.05) is 6.92 Å². The standard InChI is InChI=1S/C12H16N2O3/c1-4-7(2)13-11(15)10-6-5-9(12(16)17)8(3)14-10/h5-7H,4H2,1-3H3,(H,13,15)(H,16,17). The number of carbonyl (C=O) groups is 2. The summed E-state index contributed by atoms with van der Waals surface area (Å²) in [7, 11) is 0. The lowest BCUT2D eigenvalue weighted by Gasteiger charge is -2.11. The molecule has 92 valence electrons. The molecule has 1 unspecified atom stereocenters. The number of nitrogens with one attached hydrogen (secondary N) is 1. The molecule has 17 heavy (non-hydrogen) atoms. The monoisotopic (exact) mass is 236 g/mol. The van der Waals surface area contributed by atoms with Gasteiger partial charge in [0, 0.05) is 6.04 Å². The minimum atomic E-state index is -1.04. The Bertz CT molecular complexity index is 443. The third-order valence-electron chi connectivity index (χ3n) is 2.54. The van der Waals surface area contributed by atoms with Gasteiger partial charge < -0.3 is 10.4 Å². The van der Waals surface area contributed by atoms with Gasteiger partial charge in [-0.25, -0.2) is 9.78 Å². The number of aromatic carboxylic acids is 1. The number of aromatic nitrogens is 1. The summed E-state index contributed by atoms with van der Waals surface area (Å²) in [5, 5.41) is 11.6. The highest BCUT2D eigenvalue weighted by molar-refractivity contribution is 5.94. The smallest absolute Gasteiger partial charge is 0.337 e. The Labute approximate surface area is 99.9 Å². The number of pyridine rings is 1. The van der Waals surface area contributed by atoms with E-state index < -0.39 is 5.97 Å². The number of nitrogens with zero attached hydrogens (tertiary/aromatic N) is 1. The zero-order valence-corrected chi connectivity index (χ0v) is 10.2. The normalized spacial score (nSPS) is 11.9. The first-order valence-electron chi connectivity index (χ1n) is 5.47. The minimum Gasteiger partial charge on any atom is -0.478 e. The first-order valence-corrected chi connectivity index (χ1v) is 5.47. The molecule has 0 aliphatic heterocycles. The van der Waals surface area contributed by atoms with Crippen molar-refractivity contribution in [3.05, 3.63) is 29.1 Å². The van der Waals surface area contributed by atoms with Gasteiger partial charge >= 0.3 is 5.97 Å².